The third-order valence-corrected chi connectivity index (χ3v) is 3.28. The number of rotatable bonds is 6. The van der Waals surface area contributed by atoms with E-state index in [1.165, 1.54) is 0 Å². The molecular formula is C15H18N2O3. The first-order valence-corrected chi connectivity index (χ1v) is 6.63. The Balaban J connectivity index is 1.89. The first-order chi connectivity index (χ1) is 9.56. The maximum Gasteiger partial charge on any atom is 0.303 e. The molecule has 2 rings (SSSR count). The topological polar surface area (TPSA) is 82.2 Å². The van der Waals surface area contributed by atoms with E-state index in [0.29, 0.717) is 18.5 Å². The number of aromatic nitrogens is 1. The van der Waals surface area contributed by atoms with Gasteiger partial charge in [0.15, 0.2) is 0 Å². The van der Waals surface area contributed by atoms with Crippen LogP contribution in [0.4, 0.5) is 0 Å². The van der Waals surface area contributed by atoms with Gasteiger partial charge in [0.25, 0.3) is 5.91 Å². The molecule has 0 spiro atoms. The van der Waals surface area contributed by atoms with Crippen LogP contribution in [0.1, 0.15) is 30.1 Å². The van der Waals surface area contributed by atoms with Gasteiger partial charge in [0.2, 0.25) is 0 Å². The van der Waals surface area contributed by atoms with Crippen LogP contribution in [0.15, 0.2) is 30.5 Å². The minimum absolute atomic E-state index is 0.130. The Kier molecular flexibility index (Phi) is 4.40. The number of carbonyl (C=O) groups is 2. The molecule has 1 atom stereocenters. The Hall–Kier alpha value is -2.30. The van der Waals surface area contributed by atoms with Crippen LogP contribution in [-0.4, -0.2) is 28.5 Å². The lowest BCUT2D eigenvalue weighted by atomic mass is 10.1. The minimum Gasteiger partial charge on any atom is -0.481 e. The van der Waals surface area contributed by atoms with Crippen molar-refractivity contribution in [2.45, 2.75) is 19.8 Å². The second kappa shape index (κ2) is 6.23. The average Bonchev–Trinajstić information content (AvgIpc) is 2.89. The lowest BCUT2D eigenvalue weighted by molar-refractivity contribution is -0.137. The third-order valence-electron chi connectivity index (χ3n) is 3.28. The SMILES string of the molecule is CC(CCC(=O)O)CNC(=O)c1ccc2cc[nH]c2c1. The van der Waals surface area contributed by atoms with Crippen molar-refractivity contribution >= 4 is 22.8 Å². The van der Waals surface area contributed by atoms with E-state index in [0.717, 1.165) is 10.9 Å². The van der Waals surface area contributed by atoms with Gasteiger partial charge in [-0.3, -0.25) is 9.59 Å². The van der Waals surface area contributed by atoms with Crippen molar-refractivity contribution in [3.63, 3.8) is 0 Å². The Morgan fingerprint density at radius 2 is 2.15 bits per heavy atom. The summed E-state index contributed by atoms with van der Waals surface area (Å²) >= 11 is 0. The quantitative estimate of drug-likeness (QED) is 0.756. The van der Waals surface area contributed by atoms with Gasteiger partial charge >= 0.3 is 5.97 Å². The number of hydrogen-bond donors (Lipinski definition) is 3. The van der Waals surface area contributed by atoms with Crippen LogP contribution >= 0.6 is 0 Å². The first-order valence-electron chi connectivity index (χ1n) is 6.63. The average molecular weight is 274 g/mol. The number of nitrogens with one attached hydrogen (secondary N) is 2. The second-order valence-electron chi connectivity index (χ2n) is 5.03. The van der Waals surface area contributed by atoms with Crippen LogP contribution in [0.5, 0.6) is 0 Å². The second-order valence-corrected chi connectivity index (χ2v) is 5.03. The number of carbonyl (C=O) groups excluding carboxylic acids is 1. The largest absolute Gasteiger partial charge is 0.481 e. The number of aliphatic carboxylic acids is 1. The molecule has 0 aliphatic carbocycles. The van der Waals surface area contributed by atoms with Gasteiger partial charge in [0.05, 0.1) is 0 Å². The summed E-state index contributed by atoms with van der Waals surface area (Å²) in [5.41, 5.74) is 1.53. The molecule has 1 aromatic carbocycles. The molecule has 0 aliphatic rings. The van der Waals surface area contributed by atoms with Crippen molar-refractivity contribution in [2.24, 2.45) is 5.92 Å². The number of carboxylic acid groups (broad SMARTS) is 1. The number of aromatic amines is 1. The molecular weight excluding hydrogens is 256 g/mol. The van der Waals surface area contributed by atoms with Crippen molar-refractivity contribution in [1.82, 2.24) is 10.3 Å². The molecule has 0 bridgehead atoms. The summed E-state index contributed by atoms with van der Waals surface area (Å²) < 4.78 is 0. The van der Waals surface area contributed by atoms with Crippen LogP contribution < -0.4 is 5.32 Å². The molecule has 20 heavy (non-hydrogen) atoms. The van der Waals surface area contributed by atoms with Gasteiger partial charge in [-0.2, -0.15) is 0 Å². The van der Waals surface area contributed by atoms with Crippen molar-refractivity contribution < 1.29 is 14.7 Å². The normalized spacial score (nSPS) is 12.2. The summed E-state index contributed by atoms with van der Waals surface area (Å²) in [6.45, 7) is 2.41. The maximum atomic E-state index is 12.0. The van der Waals surface area contributed by atoms with Gasteiger partial charge < -0.3 is 15.4 Å². The zero-order valence-electron chi connectivity index (χ0n) is 11.3. The van der Waals surface area contributed by atoms with E-state index in [2.05, 4.69) is 10.3 Å². The van der Waals surface area contributed by atoms with E-state index in [1.807, 2.05) is 31.3 Å². The van der Waals surface area contributed by atoms with E-state index >= 15 is 0 Å². The fraction of sp³-hybridized carbons (Fsp3) is 0.333. The summed E-state index contributed by atoms with van der Waals surface area (Å²) in [5.74, 6) is -0.798. The van der Waals surface area contributed by atoms with Crippen LogP contribution in [0, 0.1) is 5.92 Å². The zero-order chi connectivity index (χ0) is 14.5. The number of fused-ring (bicyclic) bond motifs is 1. The zero-order valence-corrected chi connectivity index (χ0v) is 11.3. The summed E-state index contributed by atoms with van der Waals surface area (Å²) in [6, 6.07) is 7.44. The van der Waals surface area contributed by atoms with Gasteiger partial charge in [0.1, 0.15) is 0 Å². The van der Waals surface area contributed by atoms with E-state index < -0.39 is 5.97 Å². The monoisotopic (exact) mass is 274 g/mol. The Labute approximate surface area is 117 Å². The van der Waals surface area contributed by atoms with Gasteiger partial charge in [0, 0.05) is 30.2 Å². The first kappa shape index (κ1) is 14.1. The lowest BCUT2D eigenvalue weighted by Gasteiger charge is -2.11. The van der Waals surface area contributed by atoms with Gasteiger partial charge in [-0.15, -0.1) is 0 Å². The maximum absolute atomic E-state index is 12.0. The van der Waals surface area contributed by atoms with Gasteiger partial charge in [-0.1, -0.05) is 13.0 Å². The summed E-state index contributed by atoms with van der Waals surface area (Å²) in [4.78, 5) is 25.6. The van der Waals surface area contributed by atoms with Gasteiger partial charge in [-0.05, 0) is 35.9 Å². The summed E-state index contributed by atoms with van der Waals surface area (Å²) in [7, 11) is 0. The molecule has 0 aliphatic heterocycles. The Morgan fingerprint density at radius 1 is 1.35 bits per heavy atom. The molecule has 1 heterocycles. The van der Waals surface area contributed by atoms with Crippen LogP contribution in [0.3, 0.4) is 0 Å². The number of hydrogen-bond acceptors (Lipinski definition) is 2. The smallest absolute Gasteiger partial charge is 0.303 e. The number of carboxylic acids is 1. The van der Waals surface area contributed by atoms with E-state index in [9.17, 15) is 9.59 Å². The fourth-order valence-corrected chi connectivity index (χ4v) is 2.03. The molecule has 5 heteroatoms. The molecule has 5 nitrogen and oxygen atoms in total. The Bertz CT molecular complexity index is 618. The van der Waals surface area contributed by atoms with Gasteiger partial charge in [-0.25, -0.2) is 0 Å². The highest BCUT2D eigenvalue weighted by Crippen LogP contribution is 2.14. The third kappa shape index (κ3) is 3.60. The van der Waals surface area contributed by atoms with E-state index in [4.69, 9.17) is 5.11 Å². The Morgan fingerprint density at radius 3 is 2.90 bits per heavy atom. The number of benzene rings is 1. The van der Waals surface area contributed by atoms with Crippen LogP contribution in [-0.2, 0) is 4.79 Å². The molecule has 2 aromatic rings. The molecule has 106 valence electrons. The predicted octanol–water partition coefficient (Wildman–Crippen LogP) is 2.40. The molecule has 1 aromatic heterocycles. The van der Waals surface area contributed by atoms with Crippen molar-refractivity contribution in [2.75, 3.05) is 6.54 Å². The van der Waals surface area contributed by atoms with Crippen molar-refractivity contribution in [1.29, 1.82) is 0 Å². The molecule has 0 radical (unpaired) electrons. The highest BCUT2D eigenvalue weighted by Gasteiger charge is 2.10. The van der Waals surface area contributed by atoms with Crippen LogP contribution in [0.2, 0.25) is 0 Å². The number of H-pyrrole nitrogens is 1. The fourth-order valence-electron chi connectivity index (χ4n) is 2.03. The van der Waals surface area contributed by atoms with Crippen LogP contribution in [0.25, 0.3) is 10.9 Å². The standard InChI is InChI=1S/C15H18N2O3/c1-10(2-5-14(18)19)9-17-15(20)12-4-3-11-6-7-16-13(11)8-12/h3-4,6-8,10,16H,2,5,9H2,1H3,(H,17,20)(H,18,19). The molecule has 0 saturated heterocycles. The summed E-state index contributed by atoms with van der Waals surface area (Å²) in [5, 5.41) is 12.5. The molecule has 0 saturated carbocycles. The minimum atomic E-state index is -0.805. The number of amides is 1. The highest BCUT2D eigenvalue weighted by molar-refractivity contribution is 5.97. The molecule has 1 amide bonds. The highest BCUT2D eigenvalue weighted by atomic mass is 16.4. The van der Waals surface area contributed by atoms with E-state index in [1.54, 1.807) is 6.07 Å². The lowest BCUT2D eigenvalue weighted by Crippen LogP contribution is -2.28. The van der Waals surface area contributed by atoms with Crippen molar-refractivity contribution in [3.8, 4) is 0 Å². The van der Waals surface area contributed by atoms with Crippen molar-refractivity contribution in [3.05, 3.63) is 36.0 Å². The molecule has 1 unspecified atom stereocenters. The molecule has 0 fully saturated rings. The summed E-state index contributed by atoms with van der Waals surface area (Å²) in [6.07, 6.45) is 2.52. The van der Waals surface area contributed by atoms with E-state index in [-0.39, 0.29) is 18.2 Å². The molecule has 3 N–H and O–H groups in total. The predicted molar refractivity (Wildman–Crippen MR) is 76.7 cm³/mol.